The van der Waals surface area contributed by atoms with Crippen molar-refractivity contribution in [3.63, 3.8) is 0 Å². The molecule has 1 aromatic heterocycles. The van der Waals surface area contributed by atoms with Crippen LogP contribution in [0.4, 0.5) is 4.39 Å². The summed E-state index contributed by atoms with van der Waals surface area (Å²) in [5.41, 5.74) is 0.909. The minimum atomic E-state index is -0.503. The molecule has 1 aromatic carbocycles. The lowest BCUT2D eigenvalue weighted by Crippen LogP contribution is -2.05. The summed E-state index contributed by atoms with van der Waals surface area (Å²) in [5, 5.41) is 4.08. The van der Waals surface area contributed by atoms with Crippen molar-refractivity contribution in [1.82, 2.24) is 9.78 Å². The first-order valence-corrected chi connectivity index (χ1v) is 6.39. The molecule has 0 atom stereocenters. The Morgan fingerprint density at radius 1 is 1.50 bits per heavy atom. The Morgan fingerprint density at radius 3 is 2.89 bits per heavy atom. The molecule has 0 fully saturated rings. The summed E-state index contributed by atoms with van der Waals surface area (Å²) in [6, 6.07) is 4.44. The van der Waals surface area contributed by atoms with Gasteiger partial charge in [0.25, 0.3) is 0 Å². The van der Waals surface area contributed by atoms with Crippen LogP contribution in [0.15, 0.2) is 35.1 Å². The first-order chi connectivity index (χ1) is 8.60. The summed E-state index contributed by atoms with van der Waals surface area (Å²) in [6.45, 7) is 2.72. The van der Waals surface area contributed by atoms with E-state index in [0.717, 1.165) is 12.1 Å². The van der Waals surface area contributed by atoms with E-state index in [0.29, 0.717) is 4.47 Å². The maximum atomic E-state index is 13.6. The number of rotatable bonds is 4. The molecule has 0 bridgehead atoms. The lowest BCUT2D eigenvalue weighted by atomic mass is 10.1. The lowest BCUT2D eigenvalue weighted by Gasteiger charge is -2.01. The summed E-state index contributed by atoms with van der Waals surface area (Å²) >= 11 is 3.16. The molecule has 18 heavy (non-hydrogen) atoms. The van der Waals surface area contributed by atoms with Gasteiger partial charge in [0.05, 0.1) is 11.8 Å². The monoisotopic (exact) mass is 310 g/mol. The average Bonchev–Trinajstić information content (AvgIpc) is 2.76. The van der Waals surface area contributed by atoms with Gasteiger partial charge in [-0.25, -0.2) is 4.39 Å². The van der Waals surface area contributed by atoms with Crippen LogP contribution in [0, 0.1) is 5.82 Å². The van der Waals surface area contributed by atoms with Gasteiger partial charge in [0.15, 0.2) is 5.78 Å². The molecule has 0 spiro atoms. The van der Waals surface area contributed by atoms with Crippen LogP contribution in [0.2, 0.25) is 0 Å². The maximum absolute atomic E-state index is 13.6. The zero-order chi connectivity index (χ0) is 13.1. The van der Waals surface area contributed by atoms with E-state index in [1.165, 1.54) is 12.1 Å². The van der Waals surface area contributed by atoms with E-state index in [-0.39, 0.29) is 17.8 Å². The summed E-state index contributed by atoms with van der Waals surface area (Å²) in [5.74, 6) is -0.743. The fraction of sp³-hybridized carbons (Fsp3) is 0.231. The lowest BCUT2D eigenvalue weighted by molar-refractivity contribution is 0.0989. The highest BCUT2D eigenvalue weighted by Crippen LogP contribution is 2.17. The molecule has 0 N–H and O–H groups in total. The van der Waals surface area contributed by atoms with Crippen LogP contribution in [0.1, 0.15) is 22.8 Å². The van der Waals surface area contributed by atoms with E-state index >= 15 is 0 Å². The van der Waals surface area contributed by atoms with Gasteiger partial charge in [0, 0.05) is 23.6 Å². The predicted octanol–water partition coefficient (Wildman–Crippen LogP) is 3.23. The van der Waals surface area contributed by atoms with E-state index in [1.807, 2.05) is 6.92 Å². The van der Waals surface area contributed by atoms with E-state index in [4.69, 9.17) is 0 Å². The Balaban J connectivity index is 2.16. The molecule has 0 amide bonds. The molecule has 2 rings (SSSR count). The molecule has 1 heterocycles. The zero-order valence-electron chi connectivity index (χ0n) is 9.86. The number of hydrogen-bond donors (Lipinski definition) is 0. The van der Waals surface area contributed by atoms with E-state index in [1.54, 1.807) is 23.1 Å². The number of Topliss-reactive ketones (excluding diaryl/α,β-unsaturated/α-hetero) is 1. The number of aryl methyl sites for hydroxylation is 1. The quantitative estimate of drug-likeness (QED) is 0.813. The average molecular weight is 311 g/mol. The van der Waals surface area contributed by atoms with Gasteiger partial charge >= 0.3 is 0 Å². The van der Waals surface area contributed by atoms with Gasteiger partial charge in [-0.2, -0.15) is 5.10 Å². The third-order valence-corrected chi connectivity index (χ3v) is 3.10. The van der Waals surface area contributed by atoms with Crippen LogP contribution in [-0.2, 0) is 13.0 Å². The van der Waals surface area contributed by atoms with Crippen LogP contribution in [0.5, 0.6) is 0 Å². The van der Waals surface area contributed by atoms with Crippen molar-refractivity contribution in [3.8, 4) is 0 Å². The van der Waals surface area contributed by atoms with Crippen LogP contribution < -0.4 is 0 Å². The Hall–Kier alpha value is -1.49. The standard InChI is InChI=1S/C13H12BrFN2O/c1-2-17-8-9(7-16-17)5-13(18)11-4-3-10(14)6-12(11)15/h3-4,6-8H,2,5H2,1H3. The van der Waals surface area contributed by atoms with Crippen molar-refractivity contribution in [2.24, 2.45) is 0 Å². The van der Waals surface area contributed by atoms with Gasteiger partial charge in [0.1, 0.15) is 5.82 Å². The molecule has 2 aromatic rings. The summed E-state index contributed by atoms with van der Waals surface area (Å²) in [4.78, 5) is 12.0. The Kier molecular flexibility index (Phi) is 3.91. The molecular weight excluding hydrogens is 299 g/mol. The minimum Gasteiger partial charge on any atom is -0.294 e. The Morgan fingerprint density at radius 2 is 2.28 bits per heavy atom. The second kappa shape index (κ2) is 5.44. The summed E-state index contributed by atoms with van der Waals surface area (Å²) < 4.78 is 16.0. The Labute approximate surface area is 113 Å². The van der Waals surface area contributed by atoms with E-state index in [2.05, 4.69) is 21.0 Å². The topological polar surface area (TPSA) is 34.9 Å². The third kappa shape index (κ3) is 2.85. The van der Waals surface area contributed by atoms with Crippen molar-refractivity contribution >= 4 is 21.7 Å². The second-order valence-electron chi connectivity index (χ2n) is 3.93. The molecule has 0 aliphatic heterocycles. The van der Waals surface area contributed by atoms with Crippen molar-refractivity contribution in [2.75, 3.05) is 0 Å². The molecule has 94 valence electrons. The number of benzene rings is 1. The van der Waals surface area contributed by atoms with Gasteiger partial charge in [-0.3, -0.25) is 9.48 Å². The number of carbonyl (C=O) groups excluding carboxylic acids is 1. The largest absolute Gasteiger partial charge is 0.294 e. The number of aromatic nitrogens is 2. The van der Waals surface area contributed by atoms with Crippen molar-refractivity contribution in [2.45, 2.75) is 19.9 Å². The molecule has 0 radical (unpaired) electrons. The predicted molar refractivity (Wildman–Crippen MR) is 70.0 cm³/mol. The first kappa shape index (κ1) is 13.0. The number of nitrogens with zero attached hydrogens (tertiary/aromatic N) is 2. The maximum Gasteiger partial charge on any atom is 0.170 e. The fourth-order valence-electron chi connectivity index (χ4n) is 1.67. The molecule has 5 heteroatoms. The van der Waals surface area contributed by atoms with Gasteiger partial charge in [-0.1, -0.05) is 15.9 Å². The number of hydrogen-bond acceptors (Lipinski definition) is 2. The highest BCUT2D eigenvalue weighted by atomic mass is 79.9. The molecule has 0 aliphatic carbocycles. The van der Waals surface area contributed by atoms with E-state index < -0.39 is 5.82 Å². The molecule has 0 aliphatic rings. The molecular formula is C13H12BrFN2O. The van der Waals surface area contributed by atoms with E-state index in [9.17, 15) is 9.18 Å². The highest BCUT2D eigenvalue weighted by Gasteiger charge is 2.13. The second-order valence-corrected chi connectivity index (χ2v) is 4.84. The smallest absolute Gasteiger partial charge is 0.170 e. The number of carbonyl (C=O) groups is 1. The summed E-state index contributed by atoms with van der Waals surface area (Å²) in [6.07, 6.45) is 3.60. The highest BCUT2D eigenvalue weighted by molar-refractivity contribution is 9.10. The zero-order valence-corrected chi connectivity index (χ0v) is 11.4. The molecule has 3 nitrogen and oxygen atoms in total. The van der Waals surface area contributed by atoms with Gasteiger partial charge in [-0.05, 0) is 30.7 Å². The summed E-state index contributed by atoms with van der Waals surface area (Å²) in [7, 11) is 0. The number of halogens is 2. The van der Waals surface area contributed by atoms with Crippen molar-refractivity contribution < 1.29 is 9.18 Å². The van der Waals surface area contributed by atoms with Gasteiger partial charge in [0.2, 0.25) is 0 Å². The normalized spacial score (nSPS) is 10.6. The van der Waals surface area contributed by atoms with Crippen LogP contribution >= 0.6 is 15.9 Å². The number of ketones is 1. The van der Waals surface area contributed by atoms with Gasteiger partial charge in [-0.15, -0.1) is 0 Å². The SMILES string of the molecule is CCn1cc(CC(=O)c2ccc(Br)cc2F)cn1. The third-order valence-electron chi connectivity index (χ3n) is 2.61. The molecule has 0 saturated heterocycles. The van der Waals surface area contributed by atoms with Crippen molar-refractivity contribution in [3.05, 3.63) is 52.0 Å². The minimum absolute atomic E-state index is 0.113. The molecule has 0 saturated carbocycles. The molecule has 0 unspecified atom stereocenters. The van der Waals surface area contributed by atoms with Crippen molar-refractivity contribution in [1.29, 1.82) is 0 Å². The van der Waals surface area contributed by atoms with Crippen LogP contribution in [-0.4, -0.2) is 15.6 Å². The first-order valence-electron chi connectivity index (χ1n) is 5.59. The van der Waals surface area contributed by atoms with Gasteiger partial charge < -0.3 is 0 Å². The fourth-order valence-corrected chi connectivity index (χ4v) is 2.00. The Bertz CT molecular complexity index is 580. The van der Waals surface area contributed by atoms with Crippen LogP contribution in [0.25, 0.3) is 0 Å². The van der Waals surface area contributed by atoms with Crippen LogP contribution in [0.3, 0.4) is 0 Å².